The highest BCUT2D eigenvalue weighted by Gasteiger charge is 2.45. The molecule has 0 bridgehead atoms. The normalized spacial score (nSPS) is 23.0. The first-order valence-corrected chi connectivity index (χ1v) is 9.04. The van der Waals surface area contributed by atoms with E-state index in [1.54, 1.807) is 11.0 Å². The van der Waals surface area contributed by atoms with Crippen molar-refractivity contribution in [1.82, 2.24) is 14.7 Å². The monoisotopic (exact) mass is 399 g/mol. The Kier molecular flexibility index (Phi) is 4.77. The Balaban J connectivity index is 1.78. The van der Waals surface area contributed by atoms with Gasteiger partial charge in [-0.15, -0.1) is 0 Å². The van der Waals surface area contributed by atoms with E-state index in [0.717, 1.165) is 4.57 Å². The smallest absolute Gasteiger partial charge is 0.377 e. The maximum atomic E-state index is 13.6. The molecule has 1 saturated heterocycles. The number of alkyl halides is 3. The second-order valence-corrected chi connectivity index (χ2v) is 6.99. The molecule has 8 nitrogen and oxygen atoms in total. The van der Waals surface area contributed by atoms with Crippen LogP contribution in [0.15, 0.2) is 27.6 Å². The molecule has 0 spiro atoms. The van der Waals surface area contributed by atoms with Crippen LogP contribution in [0.1, 0.15) is 25.1 Å². The van der Waals surface area contributed by atoms with Crippen LogP contribution >= 0.6 is 0 Å². The van der Waals surface area contributed by atoms with Crippen LogP contribution in [0.4, 0.5) is 24.9 Å². The van der Waals surface area contributed by atoms with E-state index >= 15 is 0 Å². The van der Waals surface area contributed by atoms with Crippen LogP contribution in [0, 0.1) is 0 Å². The number of fused-ring (bicyclic) bond motifs is 1. The quantitative estimate of drug-likeness (QED) is 0.781. The van der Waals surface area contributed by atoms with Crippen LogP contribution in [0.25, 0.3) is 0 Å². The molecule has 0 aromatic carbocycles. The molecule has 28 heavy (non-hydrogen) atoms. The summed E-state index contributed by atoms with van der Waals surface area (Å²) in [5, 5.41) is 3.62. The zero-order chi connectivity index (χ0) is 19.9. The van der Waals surface area contributed by atoms with E-state index in [4.69, 9.17) is 9.26 Å². The van der Waals surface area contributed by atoms with Gasteiger partial charge in [-0.1, -0.05) is 5.16 Å². The van der Waals surface area contributed by atoms with Crippen LogP contribution in [0.5, 0.6) is 0 Å². The molecule has 2 aliphatic heterocycles. The lowest BCUT2D eigenvalue weighted by molar-refractivity contribution is -0.171. The molecule has 0 unspecified atom stereocenters. The Morgan fingerprint density at radius 2 is 2.14 bits per heavy atom. The van der Waals surface area contributed by atoms with E-state index in [9.17, 15) is 18.0 Å². The number of hydrogen-bond donors (Lipinski definition) is 0. The second-order valence-electron chi connectivity index (χ2n) is 6.99. The van der Waals surface area contributed by atoms with Crippen LogP contribution in [-0.4, -0.2) is 53.2 Å². The highest BCUT2D eigenvalue weighted by molar-refractivity contribution is 5.47. The topological polar surface area (TPSA) is 76.6 Å². The van der Waals surface area contributed by atoms with E-state index in [0.29, 0.717) is 31.3 Å². The van der Waals surface area contributed by atoms with Gasteiger partial charge >= 0.3 is 6.18 Å². The Morgan fingerprint density at radius 3 is 2.82 bits per heavy atom. The predicted octanol–water partition coefficient (Wildman–Crippen LogP) is 1.97. The summed E-state index contributed by atoms with van der Waals surface area (Å²) in [5.41, 5.74) is -0.719. The third kappa shape index (κ3) is 3.46. The standard InChI is InChI=1S/C17H20F3N5O3/c1-11-10-27-7-6-24(11)14-8-15(26)25-13(17(18,19)20)3-5-23(16(25)22-14)9-12-2-4-21-28-12/h2,4,8,11,13H,3,5-7,9-10H2,1H3/t11-,13-/m1/s1. The van der Waals surface area contributed by atoms with Gasteiger partial charge in [-0.25, -0.2) is 0 Å². The van der Waals surface area contributed by atoms with Gasteiger partial charge in [-0.2, -0.15) is 18.2 Å². The maximum Gasteiger partial charge on any atom is 0.409 e. The fourth-order valence-electron chi connectivity index (χ4n) is 3.68. The molecule has 2 aromatic heterocycles. The van der Waals surface area contributed by atoms with Gasteiger partial charge in [-0.05, 0) is 13.3 Å². The van der Waals surface area contributed by atoms with Gasteiger partial charge in [0.1, 0.15) is 11.9 Å². The lowest BCUT2D eigenvalue weighted by atomic mass is 10.1. The third-order valence-electron chi connectivity index (χ3n) is 5.06. The number of morpholine rings is 1. The second kappa shape index (κ2) is 7.12. The van der Waals surface area contributed by atoms with Crippen molar-refractivity contribution in [2.24, 2.45) is 0 Å². The maximum absolute atomic E-state index is 13.6. The predicted molar refractivity (Wildman–Crippen MR) is 93.4 cm³/mol. The molecule has 0 saturated carbocycles. The van der Waals surface area contributed by atoms with E-state index < -0.39 is 17.8 Å². The molecule has 1 fully saturated rings. The summed E-state index contributed by atoms with van der Waals surface area (Å²) in [5.74, 6) is 0.833. The minimum atomic E-state index is -4.54. The molecule has 0 N–H and O–H groups in total. The van der Waals surface area contributed by atoms with Gasteiger partial charge in [0.05, 0.1) is 32.0 Å². The van der Waals surface area contributed by atoms with Crippen LogP contribution in [-0.2, 0) is 11.3 Å². The lowest BCUT2D eigenvalue weighted by Gasteiger charge is -2.38. The number of aromatic nitrogens is 3. The summed E-state index contributed by atoms with van der Waals surface area (Å²) in [6, 6.07) is 0.881. The zero-order valence-electron chi connectivity index (χ0n) is 15.2. The van der Waals surface area contributed by atoms with Crippen LogP contribution in [0.3, 0.4) is 0 Å². The third-order valence-corrected chi connectivity index (χ3v) is 5.06. The zero-order valence-corrected chi connectivity index (χ0v) is 15.2. The molecule has 2 aromatic rings. The minimum Gasteiger partial charge on any atom is -0.377 e. The van der Waals surface area contributed by atoms with Gasteiger partial charge < -0.3 is 19.1 Å². The average Bonchev–Trinajstić information content (AvgIpc) is 3.14. The van der Waals surface area contributed by atoms with Crippen molar-refractivity contribution in [3.63, 3.8) is 0 Å². The van der Waals surface area contributed by atoms with E-state index in [1.807, 2.05) is 11.8 Å². The van der Waals surface area contributed by atoms with Crippen molar-refractivity contribution in [3.05, 3.63) is 34.4 Å². The summed E-state index contributed by atoms with van der Waals surface area (Å²) in [6.45, 7) is 3.65. The minimum absolute atomic E-state index is 0.00818. The van der Waals surface area contributed by atoms with Crippen molar-refractivity contribution in [3.8, 4) is 0 Å². The molecule has 4 heterocycles. The Morgan fingerprint density at radius 1 is 1.32 bits per heavy atom. The van der Waals surface area contributed by atoms with E-state index in [2.05, 4.69) is 10.1 Å². The lowest BCUT2D eigenvalue weighted by Crippen LogP contribution is -2.48. The van der Waals surface area contributed by atoms with Gasteiger partial charge in [0.25, 0.3) is 5.56 Å². The first kappa shape index (κ1) is 18.8. The Hall–Kier alpha value is -2.56. The summed E-state index contributed by atoms with van der Waals surface area (Å²) < 4.78 is 51.9. The van der Waals surface area contributed by atoms with Gasteiger partial charge in [-0.3, -0.25) is 9.36 Å². The number of anilines is 2. The first-order valence-electron chi connectivity index (χ1n) is 9.04. The van der Waals surface area contributed by atoms with E-state index in [-0.39, 0.29) is 31.5 Å². The van der Waals surface area contributed by atoms with E-state index in [1.165, 1.54) is 12.3 Å². The van der Waals surface area contributed by atoms with Crippen molar-refractivity contribution in [2.45, 2.75) is 38.1 Å². The summed E-state index contributed by atoms with van der Waals surface area (Å²) in [4.78, 5) is 20.7. The fourth-order valence-corrected chi connectivity index (χ4v) is 3.68. The molecule has 0 radical (unpaired) electrons. The van der Waals surface area contributed by atoms with Gasteiger partial charge in [0, 0.05) is 25.2 Å². The summed E-state index contributed by atoms with van der Waals surface area (Å²) in [7, 11) is 0. The summed E-state index contributed by atoms with van der Waals surface area (Å²) in [6.07, 6.45) is -3.31. The van der Waals surface area contributed by atoms with Gasteiger partial charge in [0.2, 0.25) is 5.95 Å². The molecular formula is C17H20F3N5O3. The molecule has 4 rings (SSSR count). The molecule has 2 aliphatic rings. The Bertz CT molecular complexity index is 883. The largest absolute Gasteiger partial charge is 0.409 e. The Labute approximate surface area is 158 Å². The average molecular weight is 399 g/mol. The van der Waals surface area contributed by atoms with Crippen molar-refractivity contribution in [1.29, 1.82) is 0 Å². The molecule has 0 amide bonds. The van der Waals surface area contributed by atoms with Crippen molar-refractivity contribution >= 4 is 11.8 Å². The summed E-state index contributed by atoms with van der Waals surface area (Å²) >= 11 is 0. The van der Waals surface area contributed by atoms with Crippen LogP contribution < -0.4 is 15.4 Å². The molecular weight excluding hydrogens is 379 g/mol. The number of nitrogens with zero attached hydrogens (tertiary/aromatic N) is 5. The number of halogens is 3. The van der Waals surface area contributed by atoms with Gasteiger partial charge in [0.15, 0.2) is 5.76 Å². The first-order chi connectivity index (χ1) is 13.3. The van der Waals surface area contributed by atoms with Crippen molar-refractivity contribution in [2.75, 3.05) is 36.1 Å². The highest BCUT2D eigenvalue weighted by Crippen LogP contribution is 2.38. The fraction of sp³-hybridized carbons (Fsp3) is 0.588. The number of hydrogen-bond acceptors (Lipinski definition) is 7. The molecule has 11 heteroatoms. The molecule has 2 atom stereocenters. The highest BCUT2D eigenvalue weighted by atomic mass is 19.4. The number of rotatable bonds is 3. The van der Waals surface area contributed by atoms with Crippen molar-refractivity contribution < 1.29 is 22.4 Å². The molecule has 0 aliphatic carbocycles. The SMILES string of the molecule is C[C@@H]1COCCN1c1cc(=O)n2c(n1)N(Cc1ccno1)CC[C@@H]2C(F)(F)F. The van der Waals surface area contributed by atoms with Crippen LogP contribution in [0.2, 0.25) is 0 Å². The molecule has 152 valence electrons. The number of ether oxygens (including phenoxy) is 1.